The highest BCUT2D eigenvalue weighted by atomic mass is 28.4. The van der Waals surface area contributed by atoms with Crippen LogP contribution in [0.1, 0.15) is 27.7 Å². The fourth-order valence-electron chi connectivity index (χ4n) is 4.14. The second-order valence-corrected chi connectivity index (χ2v) is 23.6. The summed E-state index contributed by atoms with van der Waals surface area (Å²) in [6.07, 6.45) is 5.93. The summed E-state index contributed by atoms with van der Waals surface area (Å²) in [6.45, 7) is 16.9. The third-order valence-electron chi connectivity index (χ3n) is 6.15. The number of anilines is 1. The number of nitrogens with zero attached hydrogens (tertiary/aromatic N) is 3. The van der Waals surface area contributed by atoms with E-state index in [-0.39, 0.29) is 0 Å². The van der Waals surface area contributed by atoms with Gasteiger partial charge in [0, 0.05) is 12.4 Å². The molecule has 3 nitrogen and oxygen atoms in total. The Labute approximate surface area is 140 Å². The summed E-state index contributed by atoms with van der Waals surface area (Å²) in [5, 5.41) is 4.74. The molecule has 1 aliphatic heterocycles. The summed E-state index contributed by atoms with van der Waals surface area (Å²) in [5.41, 5.74) is 3.05. The van der Waals surface area contributed by atoms with E-state index < -0.39 is 24.5 Å². The fourth-order valence-corrected chi connectivity index (χ4v) is 21.9. The summed E-state index contributed by atoms with van der Waals surface area (Å²) < 4.78 is 5.18. The first-order chi connectivity index (χ1) is 10.3. The largest absolute Gasteiger partial charge is 0.397 e. The maximum atomic E-state index is 4.74. The molecule has 2 heterocycles. The van der Waals surface area contributed by atoms with E-state index >= 15 is 0 Å². The van der Waals surface area contributed by atoms with Gasteiger partial charge in [-0.25, -0.2) is 0 Å². The van der Waals surface area contributed by atoms with Crippen molar-refractivity contribution in [2.45, 2.75) is 77.2 Å². The first kappa shape index (κ1) is 18.0. The minimum Gasteiger partial charge on any atom is -0.397 e. The zero-order chi connectivity index (χ0) is 16.6. The van der Waals surface area contributed by atoms with E-state index in [2.05, 4.69) is 68.6 Å². The minimum absolute atomic E-state index is 1.08. The Hall–Kier alpha value is -0.339. The van der Waals surface area contributed by atoms with Gasteiger partial charge in [-0.3, -0.25) is 4.35 Å². The van der Waals surface area contributed by atoms with E-state index in [1.807, 2.05) is 0 Å². The highest BCUT2D eigenvalue weighted by Crippen LogP contribution is 2.43. The zero-order valence-electron chi connectivity index (χ0n) is 15.7. The van der Waals surface area contributed by atoms with Crippen molar-refractivity contribution in [1.29, 1.82) is 0 Å². The minimum atomic E-state index is -1.38. The second-order valence-electron chi connectivity index (χ2n) is 8.22. The van der Waals surface area contributed by atoms with Crippen molar-refractivity contribution in [2.24, 2.45) is 0 Å². The first-order valence-corrected chi connectivity index (χ1v) is 17.9. The lowest BCUT2D eigenvalue weighted by molar-refractivity contribution is 0.934. The summed E-state index contributed by atoms with van der Waals surface area (Å²) in [4.78, 5) is 0. The van der Waals surface area contributed by atoms with Crippen molar-refractivity contribution < 1.29 is 0 Å². The molecule has 1 aromatic rings. The molecule has 1 aromatic heterocycles. The van der Waals surface area contributed by atoms with E-state index in [0.29, 0.717) is 0 Å². The van der Waals surface area contributed by atoms with Crippen LogP contribution in [0, 0.1) is 0 Å². The highest BCUT2D eigenvalue weighted by molar-refractivity contribution is 7.04. The van der Waals surface area contributed by atoms with Gasteiger partial charge in [0.15, 0.2) is 16.5 Å². The number of hydrogen-bond acceptors (Lipinski definition) is 2. The second kappa shape index (κ2) is 6.28. The van der Waals surface area contributed by atoms with Crippen LogP contribution in [0.2, 0.25) is 49.5 Å². The van der Waals surface area contributed by atoms with Crippen LogP contribution in [0.5, 0.6) is 0 Å². The fraction of sp³-hybridized carbons (Fsp3) is 0.812. The van der Waals surface area contributed by atoms with E-state index in [4.69, 9.17) is 5.10 Å². The Bertz CT molecular complexity index is 499. The smallest absolute Gasteiger partial charge is 0.176 e. The van der Waals surface area contributed by atoms with Crippen LogP contribution in [0.25, 0.3) is 0 Å². The topological polar surface area (TPSA) is 21.1 Å². The molecule has 0 unspecified atom stereocenters. The van der Waals surface area contributed by atoms with Crippen LogP contribution in [0.3, 0.4) is 0 Å². The van der Waals surface area contributed by atoms with Gasteiger partial charge in [-0.2, -0.15) is 5.10 Å². The van der Waals surface area contributed by atoms with Gasteiger partial charge in [-0.15, -0.1) is 0 Å². The van der Waals surface area contributed by atoms with Crippen LogP contribution in [-0.2, 0) is 0 Å². The Morgan fingerprint density at radius 1 is 1.05 bits per heavy atom. The Kier molecular flexibility index (Phi) is 5.14. The number of aromatic nitrogens is 2. The van der Waals surface area contributed by atoms with E-state index in [1.165, 1.54) is 36.0 Å². The third-order valence-corrected chi connectivity index (χ3v) is 21.9. The zero-order valence-corrected chi connectivity index (χ0v) is 18.7. The lowest BCUT2D eigenvalue weighted by atomic mass is 10.6. The van der Waals surface area contributed by atoms with Gasteiger partial charge in [0.1, 0.15) is 0 Å². The summed E-state index contributed by atoms with van der Waals surface area (Å²) in [7, 11) is -3.77. The molecule has 2 rings (SSSR count). The molecule has 126 valence electrons. The molecule has 0 amide bonds. The molecular weight excluding hydrogens is 318 g/mol. The van der Waals surface area contributed by atoms with Gasteiger partial charge in [-0.05, 0) is 37.4 Å². The SMILES string of the molecule is CC[Si]1(CC)CN(c2cnn([Si](C)(C)C)c2)[Si](CC)(CC)C1. The molecule has 1 aliphatic rings. The van der Waals surface area contributed by atoms with Crippen LogP contribution in [-0.4, -0.2) is 40.2 Å². The summed E-state index contributed by atoms with van der Waals surface area (Å²) >= 11 is 0. The van der Waals surface area contributed by atoms with Crippen LogP contribution < -0.4 is 4.57 Å². The quantitative estimate of drug-likeness (QED) is 0.675. The molecule has 0 aliphatic carbocycles. The summed E-state index contributed by atoms with van der Waals surface area (Å²) in [5.74, 6) is 0. The molecular formula is C16H35N3Si3. The van der Waals surface area contributed by atoms with Crippen LogP contribution >= 0.6 is 0 Å². The van der Waals surface area contributed by atoms with Crippen LogP contribution in [0.15, 0.2) is 12.4 Å². The molecule has 0 atom stereocenters. The van der Waals surface area contributed by atoms with Gasteiger partial charge >= 0.3 is 0 Å². The molecule has 1 fully saturated rings. The maximum Gasteiger partial charge on any atom is 0.176 e. The van der Waals surface area contributed by atoms with E-state index in [0.717, 1.165) is 0 Å². The van der Waals surface area contributed by atoms with Crippen LogP contribution in [0.4, 0.5) is 5.69 Å². The Balaban J connectivity index is 2.40. The molecule has 0 N–H and O–H groups in total. The molecule has 22 heavy (non-hydrogen) atoms. The van der Waals surface area contributed by atoms with E-state index in [9.17, 15) is 0 Å². The molecule has 0 radical (unpaired) electrons. The lowest BCUT2D eigenvalue weighted by Gasteiger charge is -2.36. The van der Waals surface area contributed by atoms with Crippen molar-refractivity contribution in [3.8, 4) is 0 Å². The Morgan fingerprint density at radius 2 is 1.64 bits per heavy atom. The van der Waals surface area contributed by atoms with Gasteiger partial charge in [0.05, 0.1) is 20.0 Å². The molecule has 0 spiro atoms. The monoisotopic (exact) mass is 353 g/mol. The van der Waals surface area contributed by atoms with Gasteiger partial charge < -0.3 is 4.57 Å². The van der Waals surface area contributed by atoms with Gasteiger partial charge in [0.2, 0.25) is 0 Å². The van der Waals surface area contributed by atoms with Crippen molar-refractivity contribution in [2.75, 3.05) is 10.7 Å². The first-order valence-electron chi connectivity index (χ1n) is 9.08. The molecule has 6 heteroatoms. The van der Waals surface area contributed by atoms with Gasteiger partial charge in [0.25, 0.3) is 0 Å². The van der Waals surface area contributed by atoms with Crippen molar-refractivity contribution >= 4 is 30.2 Å². The summed E-state index contributed by atoms with van der Waals surface area (Å²) in [6, 6.07) is 5.71. The average Bonchev–Trinajstić information content (AvgIpc) is 3.10. The molecule has 0 aromatic carbocycles. The van der Waals surface area contributed by atoms with Crippen molar-refractivity contribution in [3.05, 3.63) is 12.4 Å². The number of hydrogen-bond donors (Lipinski definition) is 0. The standard InChI is InChI=1S/C16H35N3Si3/c1-8-21(9-2)14-18(22(10-3,11-4)15-21)16-12-17-19(13-16)20(5,6)7/h12-13H,8-11,14-15H2,1-7H3. The molecule has 0 saturated carbocycles. The average molecular weight is 354 g/mol. The lowest BCUT2D eigenvalue weighted by Crippen LogP contribution is -2.47. The number of rotatable bonds is 6. The third kappa shape index (κ3) is 3.01. The normalized spacial score (nSPS) is 20.6. The molecule has 0 bridgehead atoms. The van der Waals surface area contributed by atoms with Gasteiger partial charge in [-0.1, -0.05) is 39.8 Å². The van der Waals surface area contributed by atoms with Crippen molar-refractivity contribution in [1.82, 2.24) is 9.45 Å². The highest BCUT2D eigenvalue weighted by Gasteiger charge is 2.52. The maximum absolute atomic E-state index is 4.74. The predicted molar refractivity (Wildman–Crippen MR) is 107 cm³/mol. The predicted octanol–water partition coefficient (Wildman–Crippen LogP) is 4.94. The van der Waals surface area contributed by atoms with Crippen molar-refractivity contribution in [3.63, 3.8) is 0 Å². The Morgan fingerprint density at radius 3 is 2.05 bits per heavy atom. The van der Waals surface area contributed by atoms with E-state index in [1.54, 1.807) is 5.67 Å². The molecule has 1 saturated heterocycles.